The number of urea groups is 1. The Balaban J connectivity index is 1.96. The Morgan fingerprint density at radius 1 is 1.31 bits per heavy atom. The molecule has 0 saturated carbocycles. The molecule has 4 amide bonds. The summed E-state index contributed by atoms with van der Waals surface area (Å²) in [6.07, 6.45) is 1.36. The van der Waals surface area contributed by atoms with Gasteiger partial charge in [0, 0.05) is 26.1 Å². The second-order valence-electron chi connectivity index (χ2n) is 4.16. The van der Waals surface area contributed by atoms with E-state index in [-0.39, 0.29) is 30.4 Å². The number of nitrogens with zero attached hydrogens (tertiary/aromatic N) is 2. The number of nitrogens with one attached hydrogen (secondary N) is 1. The van der Waals surface area contributed by atoms with Crippen LogP contribution in [0.3, 0.4) is 0 Å². The molecule has 2 saturated heterocycles. The maximum absolute atomic E-state index is 11.5. The van der Waals surface area contributed by atoms with Crippen LogP contribution in [0.25, 0.3) is 0 Å². The van der Waals surface area contributed by atoms with E-state index in [1.54, 1.807) is 4.90 Å². The van der Waals surface area contributed by atoms with Crippen LogP contribution in [0.15, 0.2) is 0 Å². The molecule has 0 atom stereocenters. The SMILES string of the molecule is CC(=O)N1CCC(N2C(=O)CNC2=O)CC1. The van der Waals surface area contributed by atoms with Gasteiger partial charge < -0.3 is 10.2 Å². The Bertz CT molecular complexity index is 318. The van der Waals surface area contributed by atoms with Gasteiger partial charge in [0.2, 0.25) is 11.8 Å². The van der Waals surface area contributed by atoms with Crippen molar-refractivity contribution in [1.29, 1.82) is 0 Å². The molecule has 0 aromatic rings. The zero-order valence-electron chi connectivity index (χ0n) is 9.23. The Morgan fingerprint density at radius 2 is 1.94 bits per heavy atom. The van der Waals surface area contributed by atoms with Crippen molar-refractivity contribution in [3.8, 4) is 0 Å². The lowest BCUT2D eigenvalue weighted by Gasteiger charge is -2.34. The first-order valence-corrected chi connectivity index (χ1v) is 5.45. The molecule has 2 heterocycles. The van der Waals surface area contributed by atoms with Crippen molar-refractivity contribution in [3.63, 3.8) is 0 Å². The summed E-state index contributed by atoms with van der Waals surface area (Å²) in [6.45, 7) is 2.88. The number of imide groups is 1. The molecule has 2 fully saturated rings. The van der Waals surface area contributed by atoms with E-state index >= 15 is 0 Å². The van der Waals surface area contributed by atoms with Gasteiger partial charge in [0.25, 0.3) is 0 Å². The second kappa shape index (κ2) is 4.11. The summed E-state index contributed by atoms with van der Waals surface area (Å²) in [5.41, 5.74) is 0. The van der Waals surface area contributed by atoms with E-state index < -0.39 is 0 Å². The number of hydrogen-bond donors (Lipinski definition) is 1. The van der Waals surface area contributed by atoms with Crippen LogP contribution in [-0.4, -0.2) is 53.3 Å². The van der Waals surface area contributed by atoms with E-state index in [1.807, 2.05) is 0 Å². The third-order valence-electron chi connectivity index (χ3n) is 3.15. The lowest BCUT2D eigenvalue weighted by molar-refractivity contribution is -0.131. The van der Waals surface area contributed by atoms with Gasteiger partial charge in [0.15, 0.2) is 0 Å². The van der Waals surface area contributed by atoms with Crippen molar-refractivity contribution in [1.82, 2.24) is 15.1 Å². The predicted molar refractivity (Wildman–Crippen MR) is 55.5 cm³/mol. The van der Waals surface area contributed by atoms with Crippen LogP contribution in [0.5, 0.6) is 0 Å². The van der Waals surface area contributed by atoms with E-state index in [4.69, 9.17) is 0 Å². The number of carbonyl (C=O) groups excluding carboxylic acids is 3. The molecule has 0 spiro atoms. The van der Waals surface area contributed by atoms with Crippen molar-refractivity contribution >= 4 is 17.8 Å². The summed E-state index contributed by atoms with van der Waals surface area (Å²) in [7, 11) is 0. The molecule has 6 nitrogen and oxygen atoms in total. The number of carbonyl (C=O) groups is 3. The largest absolute Gasteiger partial charge is 0.343 e. The topological polar surface area (TPSA) is 69.7 Å². The number of piperidine rings is 1. The van der Waals surface area contributed by atoms with E-state index in [9.17, 15) is 14.4 Å². The molecule has 0 aliphatic carbocycles. The molecule has 0 aromatic heterocycles. The molecule has 0 aromatic carbocycles. The lowest BCUT2D eigenvalue weighted by Crippen LogP contribution is -2.48. The fourth-order valence-electron chi connectivity index (χ4n) is 2.24. The molecule has 2 aliphatic rings. The Labute approximate surface area is 93.6 Å². The predicted octanol–water partition coefficient (Wildman–Crippen LogP) is -0.451. The lowest BCUT2D eigenvalue weighted by atomic mass is 10.0. The van der Waals surface area contributed by atoms with E-state index in [0.717, 1.165) is 0 Å². The maximum atomic E-state index is 11.5. The molecule has 0 bridgehead atoms. The van der Waals surface area contributed by atoms with E-state index in [0.29, 0.717) is 25.9 Å². The van der Waals surface area contributed by atoms with Gasteiger partial charge in [-0.2, -0.15) is 0 Å². The molecule has 16 heavy (non-hydrogen) atoms. The normalized spacial score (nSPS) is 22.6. The number of rotatable bonds is 1. The van der Waals surface area contributed by atoms with Crippen LogP contribution in [0.1, 0.15) is 19.8 Å². The average molecular weight is 225 g/mol. The maximum Gasteiger partial charge on any atom is 0.324 e. The first-order valence-electron chi connectivity index (χ1n) is 5.45. The smallest absolute Gasteiger partial charge is 0.324 e. The van der Waals surface area contributed by atoms with Gasteiger partial charge in [-0.3, -0.25) is 14.5 Å². The highest BCUT2D eigenvalue weighted by atomic mass is 16.2. The Kier molecular flexibility index (Phi) is 2.80. The third-order valence-corrected chi connectivity index (χ3v) is 3.15. The van der Waals surface area contributed by atoms with Crippen LogP contribution in [0.4, 0.5) is 4.79 Å². The van der Waals surface area contributed by atoms with Gasteiger partial charge in [-0.1, -0.05) is 0 Å². The molecular weight excluding hydrogens is 210 g/mol. The summed E-state index contributed by atoms with van der Waals surface area (Å²) in [6, 6.07) is -0.350. The average Bonchev–Trinajstić information content (AvgIpc) is 2.59. The summed E-state index contributed by atoms with van der Waals surface area (Å²) >= 11 is 0. The highest BCUT2D eigenvalue weighted by Gasteiger charge is 2.36. The van der Waals surface area contributed by atoms with Crippen LogP contribution < -0.4 is 5.32 Å². The van der Waals surface area contributed by atoms with Crippen molar-refractivity contribution in [2.75, 3.05) is 19.6 Å². The highest BCUT2D eigenvalue weighted by Crippen LogP contribution is 2.18. The first-order chi connectivity index (χ1) is 7.59. The summed E-state index contributed by atoms with van der Waals surface area (Å²) in [4.78, 5) is 37.0. The Morgan fingerprint density at radius 3 is 2.38 bits per heavy atom. The zero-order chi connectivity index (χ0) is 11.7. The first kappa shape index (κ1) is 10.9. The van der Waals surface area contributed by atoms with Crippen LogP contribution in [0, 0.1) is 0 Å². The number of hydrogen-bond acceptors (Lipinski definition) is 3. The van der Waals surface area contributed by atoms with Gasteiger partial charge in [0.1, 0.15) is 0 Å². The quantitative estimate of drug-likeness (QED) is 0.614. The third kappa shape index (κ3) is 1.87. The van der Waals surface area contributed by atoms with Gasteiger partial charge in [-0.15, -0.1) is 0 Å². The molecule has 1 N–H and O–H groups in total. The fourth-order valence-corrected chi connectivity index (χ4v) is 2.24. The molecule has 2 rings (SSSR count). The summed E-state index contributed by atoms with van der Waals surface area (Å²) in [5.74, 6) is -0.109. The zero-order valence-corrected chi connectivity index (χ0v) is 9.23. The van der Waals surface area contributed by atoms with E-state index in [1.165, 1.54) is 11.8 Å². The minimum absolute atomic E-state index is 0.0504. The number of amides is 4. The Hall–Kier alpha value is -1.59. The van der Waals surface area contributed by atoms with Crippen LogP contribution >= 0.6 is 0 Å². The van der Waals surface area contributed by atoms with E-state index in [2.05, 4.69) is 5.32 Å². The van der Waals surface area contributed by atoms with Gasteiger partial charge >= 0.3 is 6.03 Å². The van der Waals surface area contributed by atoms with Crippen molar-refractivity contribution < 1.29 is 14.4 Å². The minimum Gasteiger partial charge on any atom is -0.343 e. The molecule has 2 aliphatic heterocycles. The molecule has 0 radical (unpaired) electrons. The van der Waals surface area contributed by atoms with Crippen LogP contribution in [0.2, 0.25) is 0 Å². The van der Waals surface area contributed by atoms with Gasteiger partial charge in [-0.05, 0) is 12.8 Å². The fraction of sp³-hybridized carbons (Fsp3) is 0.700. The van der Waals surface area contributed by atoms with Crippen molar-refractivity contribution in [3.05, 3.63) is 0 Å². The van der Waals surface area contributed by atoms with Crippen molar-refractivity contribution in [2.45, 2.75) is 25.8 Å². The number of likely N-dealkylation sites (tertiary alicyclic amines) is 1. The summed E-state index contributed by atoms with van der Waals surface area (Å²) in [5, 5.41) is 2.51. The van der Waals surface area contributed by atoms with Crippen molar-refractivity contribution in [2.24, 2.45) is 0 Å². The molecule has 6 heteroatoms. The van der Waals surface area contributed by atoms with Crippen LogP contribution in [-0.2, 0) is 9.59 Å². The molecule has 88 valence electrons. The van der Waals surface area contributed by atoms with Gasteiger partial charge in [0.05, 0.1) is 6.54 Å². The highest BCUT2D eigenvalue weighted by molar-refractivity contribution is 6.02. The second-order valence-corrected chi connectivity index (χ2v) is 4.16. The minimum atomic E-state index is -0.300. The molecule has 0 unspecified atom stereocenters. The van der Waals surface area contributed by atoms with Gasteiger partial charge in [-0.25, -0.2) is 4.79 Å². The molecular formula is C10H15N3O3. The standard InChI is InChI=1S/C10H15N3O3/c1-7(14)12-4-2-8(3-5-12)13-9(15)6-11-10(13)16/h8H,2-6H2,1H3,(H,11,16). The summed E-state index contributed by atoms with van der Waals surface area (Å²) < 4.78 is 0. The monoisotopic (exact) mass is 225 g/mol.